The van der Waals surface area contributed by atoms with E-state index in [0.29, 0.717) is 0 Å². The number of aliphatic carboxylic acids is 1. The molecule has 80 valence electrons. The third-order valence-electron chi connectivity index (χ3n) is 1.53. The quantitative estimate of drug-likeness (QED) is 0.563. The molecule has 0 saturated heterocycles. The smallest absolute Gasteiger partial charge is 0.331 e. The lowest BCUT2D eigenvalue weighted by molar-refractivity contribution is -0.132. The van der Waals surface area contributed by atoms with Gasteiger partial charge < -0.3 is 5.11 Å². The maximum Gasteiger partial charge on any atom is 0.331 e. The molecule has 2 N–H and O–H groups in total. The first-order chi connectivity index (χ1) is 7.00. The number of aromatic nitrogens is 3. The fraction of sp³-hybridized carbons (Fsp3) is 0.250. The van der Waals surface area contributed by atoms with Crippen molar-refractivity contribution in [1.29, 1.82) is 0 Å². The predicted molar refractivity (Wildman–Crippen MR) is 54.9 cm³/mol. The van der Waals surface area contributed by atoms with Crippen molar-refractivity contribution in [3.8, 4) is 0 Å². The number of hydrogen-bond acceptors (Lipinski definition) is 5. The molecule has 0 atom stereocenters. The summed E-state index contributed by atoms with van der Waals surface area (Å²) < 4.78 is 0. The van der Waals surface area contributed by atoms with Gasteiger partial charge in [-0.1, -0.05) is 18.3 Å². The van der Waals surface area contributed by atoms with Gasteiger partial charge in [0.1, 0.15) is 5.69 Å². The normalized spacial score (nSPS) is 9.93. The topological polar surface area (TPSA) is 95.9 Å². The van der Waals surface area contributed by atoms with Crippen LogP contribution in [0.1, 0.15) is 5.69 Å². The first-order valence-electron chi connectivity index (χ1n) is 3.98. The molecule has 1 aromatic rings. The number of aromatic amines is 1. The van der Waals surface area contributed by atoms with Gasteiger partial charge in [0.05, 0.1) is 0 Å². The third-order valence-corrected chi connectivity index (χ3v) is 2.48. The Bertz CT molecular complexity index is 455. The standard InChI is InChI=1S/C8H9N3O3S/c1-4(7(13)14)3-15-8-9-6(12)5(2)10-11-8/h1,3H2,2H3,(H,13,14)(H,9,11,12). The van der Waals surface area contributed by atoms with Crippen molar-refractivity contribution >= 4 is 17.7 Å². The van der Waals surface area contributed by atoms with Crippen molar-refractivity contribution in [3.63, 3.8) is 0 Å². The minimum atomic E-state index is -1.06. The maximum atomic E-state index is 11.1. The molecule has 0 aliphatic carbocycles. The molecule has 0 amide bonds. The average molecular weight is 227 g/mol. The Kier molecular flexibility index (Phi) is 3.62. The van der Waals surface area contributed by atoms with Gasteiger partial charge >= 0.3 is 5.97 Å². The van der Waals surface area contributed by atoms with Gasteiger partial charge in [0.15, 0.2) is 5.16 Å². The number of aryl methyl sites for hydroxylation is 1. The van der Waals surface area contributed by atoms with Crippen LogP contribution in [0.15, 0.2) is 22.1 Å². The van der Waals surface area contributed by atoms with Crippen molar-refractivity contribution in [2.24, 2.45) is 0 Å². The fourth-order valence-electron chi connectivity index (χ4n) is 0.661. The summed E-state index contributed by atoms with van der Waals surface area (Å²) in [5, 5.41) is 16.1. The second-order valence-electron chi connectivity index (χ2n) is 2.74. The Morgan fingerprint density at radius 3 is 2.80 bits per heavy atom. The van der Waals surface area contributed by atoms with E-state index in [-0.39, 0.29) is 27.7 Å². The molecule has 15 heavy (non-hydrogen) atoms. The van der Waals surface area contributed by atoms with Gasteiger partial charge in [0, 0.05) is 11.3 Å². The molecule has 0 spiro atoms. The summed E-state index contributed by atoms with van der Waals surface area (Å²) in [6.45, 7) is 4.89. The zero-order valence-electron chi connectivity index (χ0n) is 7.98. The van der Waals surface area contributed by atoms with E-state index in [1.165, 1.54) is 6.92 Å². The molecule has 0 bridgehead atoms. The number of rotatable bonds is 4. The van der Waals surface area contributed by atoms with Crippen LogP contribution in [0.3, 0.4) is 0 Å². The summed E-state index contributed by atoms with van der Waals surface area (Å²) in [4.78, 5) is 24.0. The first kappa shape index (κ1) is 11.4. The molecule has 1 heterocycles. The van der Waals surface area contributed by atoms with Crippen LogP contribution in [0.4, 0.5) is 0 Å². The number of H-pyrrole nitrogens is 1. The van der Waals surface area contributed by atoms with Gasteiger partial charge in [-0.25, -0.2) is 4.79 Å². The van der Waals surface area contributed by atoms with E-state index >= 15 is 0 Å². The van der Waals surface area contributed by atoms with Crippen LogP contribution in [-0.4, -0.2) is 32.0 Å². The number of hydrogen-bond donors (Lipinski definition) is 2. The average Bonchev–Trinajstić information content (AvgIpc) is 2.19. The Labute approximate surface area is 89.4 Å². The molecule has 6 nitrogen and oxygen atoms in total. The Morgan fingerprint density at radius 1 is 1.60 bits per heavy atom. The Hall–Kier alpha value is -1.63. The lowest BCUT2D eigenvalue weighted by atomic mass is 10.4. The number of nitrogens with one attached hydrogen (secondary N) is 1. The molecule has 0 radical (unpaired) electrons. The number of thioether (sulfide) groups is 1. The molecule has 1 rings (SSSR count). The van der Waals surface area contributed by atoms with Crippen molar-refractivity contribution in [2.45, 2.75) is 12.1 Å². The summed E-state index contributed by atoms with van der Waals surface area (Å²) in [6.07, 6.45) is 0. The molecule has 0 aliphatic heterocycles. The predicted octanol–water partition coefficient (Wildman–Crippen LogP) is 0.206. The van der Waals surface area contributed by atoms with E-state index in [1.54, 1.807) is 0 Å². The monoisotopic (exact) mass is 227 g/mol. The van der Waals surface area contributed by atoms with Gasteiger partial charge in [-0.15, -0.1) is 10.2 Å². The van der Waals surface area contributed by atoms with Crippen LogP contribution >= 0.6 is 11.8 Å². The van der Waals surface area contributed by atoms with E-state index in [1.807, 2.05) is 0 Å². The molecular formula is C8H9N3O3S. The summed E-state index contributed by atoms with van der Waals surface area (Å²) >= 11 is 1.07. The van der Waals surface area contributed by atoms with Gasteiger partial charge in [-0.3, -0.25) is 9.78 Å². The molecule has 0 aliphatic rings. The highest BCUT2D eigenvalue weighted by Crippen LogP contribution is 2.13. The fourth-order valence-corrected chi connectivity index (χ4v) is 1.36. The first-order valence-corrected chi connectivity index (χ1v) is 4.96. The molecule has 7 heteroatoms. The van der Waals surface area contributed by atoms with Crippen molar-refractivity contribution in [1.82, 2.24) is 15.2 Å². The highest BCUT2D eigenvalue weighted by Gasteiger charge is 2.06. The number of carboxylic acid groups (broad SMARTS) is 1. The zero-order valence-corrected chi connectivity index (χ0v) is 8.80. The molecule has 0 fully saturated rings. The summed E-state index contributed by atoms with van der Waals surface area (Å²) in [5.74, 6) is -0.909. The summed E-state index contributed by atoms with van der Waals surface area (Å²) in [6, 6.07) is 0. The summed E-state index contributed by atoms with van der Waals surface area (Å²) in [5.41, 5.74) is -0.00641. The Morgan fingerprint density at radius 2 is 2.27 bits per heavy atom. The lowest BCUT2D eigenvalue weighted by Gasteiger charge is -1.99. The minimum Gasteiger partial charge on any atom is -0.478 e. The van der Waals surface area contributed by atoms with E-state index < -0.39 is 5.97 Å². The zero-order chi connectivity index (χ0) is 11.4. The van der Waals surface area contributed by atoms with Gasteiger partial charge in [0.25, 0.3) is 5.56 Å². The molecule has 0 saturated carbocycles. The van der Waals surface area contributed by atoms with Crippen LogP contribution in [0.5, 0.6) is 0 Å². The second-order valence-corrected chi connectivity index (χ2v) is 3.71. The van der Waals surface area contributed by atoms with Crippen molar-refractivity contribution in [2.75, 3.05) is 5.75 Å². The van der Waals surface area contributed by atoms with Crippen LogP contribution < -0.4 is 5.56 Å². The van der Waals surface area contributed by atoms with Crippen LogP contribution in [0.2, 0.25) is 0 Å². The Balaban J connectivity index is 2.67. The van der Waals surface area contributed by atoms with Gasteiger partial charge in [-0.2, -0.15) is 0 Å². The van der Waals surface area contributed by atoms with E-state index in [4.69, 9.17) is 5.11 Å². The van der Waals surface area contributed by atoms with Crippen LogP contribution in [0, 0.1) is 6.92 Å². The lowest BCUT2D eigenvalue weighted by Crippen LogP contribution is -2.14. The van der Waals surface area contributed by atoms with Crippen LogP contribution in [0.25, 0.3) is 0 Å². The van der Waals surface area contributed by atoms with Gasteiger partial charge in [-0.05, 0) is 6.92 Å². The van der Waals surface area contributed by atoms with E-state index in [9.17, 15) is 9.59 Å². The molecule has 1 aromatic heterocycles. The van der Waals surface area contributed by atoms with E-state index in [2.05, 4.69) is 21.8 Å². The van der Waals surface area contributed by atoms with Crippen molar-refractivity contribution < 1.29 is 9.90 Å². The number of carboxylic acids is 1. The second kappa shape index (κ2) is 4.74. The highest BCUT2D eigenvalue weighted by atomic mass is 32.2. The highest BCUT2D eigenvalue weighted by molar-refractivity contribution is 7.99. The maximum absolute atomic E-state index is 11.1. The molecule has 0 aromatic carbocycles. The van der Waals surface area contributed by atoms with E-state index in [0.717, 1.165) is 11.8 Å². The summed E-state index contributed by atoms with van der Waals surface area (Å²) in [7, 11) is 0. The minimum absolute atomic E-state index is 0.0447. The largest absolute Gasteiger partial charge is 0.478 e. The molecule has 0 unspecified atom stereocenters. The number of carbonyl (C=O) groups is 1. The van der Waals surface area contributed by atoms with Crippen LogP contribution in [-0.2, 0) is 4.79 Å². The third kappa shape index (κ3) is 3.21. The molecular weight excluding hydrogens is 218 g/mol. The van der Waals surface area contributed by atoms with Crippen molar-refractivity contribution in [3.05, 3.63) is 28.2 Å². The van der Waals surface area contributed by atoms with Gasteiger partial charge in [0.2, 0.25) is 0 Å². The number of nitrogens with zero attached hydrogens (tertiary/aromatic N) is 2. The SMILES string of the molecule is C=C(CSc1nnc(C)c(=O)[nH]1)C(=O)O.